The number of likely N-dealkylation sites (tertiary alicyclic amines) is 1. The van der Waals surface area contributed by atoms with Gasteiger partial charge in [0, 0.05) is 43.3 Å². The Morgan fingerprint density at radius 1 is 1.21 bits per heavy atom. The van der Waals surface area contributed by atoms with E-state index in [1.807, 2.05) is 31.4 Å². The lowest BCUT2D eigenvalue weighted by Gasteiger charge is -2.47. The SMILES string of the molecule is CC[C@]1(c2ccccc2)C2=CN=NC2NC2=C1C(=O)C[C@]1(CCN(C)C1=O)C2. The van der Waals surface area contributed by atoms with Crippen LogP contribution in [0, 0.1) is 5.41 Å². The topological polar surface area (TPSA) is 74.1 Å². The van der Waals surface area contributed by atoms with Crippen LogP contribution in [-0.2, 0) is 15.0 Å². The highest BCUT2D eigenvalue weighted by Gasteiger charge is 2.57. The van der Waals surface area contributed by atoms with Gasteiger partial charge >= 0.3 is 0 Å². The smallest absolute Gasteiger partial charge is 0.229 e. The summed E-state index contributed by atoms with van der Waals surface area (Å²) in [7, 11) is 1.83. The van der Waals surface area contributed by atoms with E-state index in [2.05, 4.69) is 34.6 Å². The predicted molar refractivity (Wildman–Crippen MR) is 104 cm³/mol. The summed E-state index contributed by atoms with van der Waals surface area (Å²) < 4.78 is 0. The fourth-order valence-electron chi connectivity index (χ4n) is 5.67. The molecule has 1 saturated heterocycles. The number of fused-ring (bicyclic) bond motifs is 1. The van der Waals surface area contributed by atoms with Gasteiger partial charge in [-0.25, -0.2) is 0 Å². The Kier molecular flexibility index (Phi) is 3.63. The first-order valence-electron chi connectivity index (χ1n) is 9.97. The highest BCUT2D eigenvalue weighted by atomic mass is 16.2. The Bertz CT molecular complexity index is 964. The molecular weight excluding hydrogens is 352 g/mol. The third kappa shape index (κ3) is 2.09. The summed E-state index contributed by atoms with van der Waals surface area (Å²) in [5.41, 5.74) is 2.67. The number of azo groups is 1. The molecule has 1 aromatic carbocycles. The molecule has 1 amide bonds. The van der Waals surface area contributed by atoms with Gasteiger partial charge in [-0.2, -0.15) is 10.2 Å². The summed E-state index contributed by atoms with van der Waals surface area (Å²) in [6.07, 6.45) is 3.88. The van der Waals surface area contributed by atoms with Gasteiger partial charge in [-0.1, -0.05) is 37.3 Å². The van der Waals surface area contributed by atoms with Crippen LogP contribution in [0.2, 0.25) is 0 Å². The second-order valence-corrected chi connectivity index (χ2v) is 8.37. The molecule has 3 aliphatic heterocycles. The van der Waals surface area contributed by atoms with Crippen molar-refractivity contribution in [3.8, 4) is 0 Å². The average Bonchev–Trinajstić information content (AvgIpc) is 3.28. The molecule has 1 aliphatic carbocycles. The maximum atomic E-state index is 13.6. The van der Waals surface area contributed by atoms with E-state index in [-0.39, 0.29) is 24.3 Å². The monoisotopic (exact) mass is 376 g/mol. The quantitative estimate of drug-likeness (QED) is 0.862. The highest BCUT2D eigenvalue weighted by Crippen LogP contribution is 2.55. The number of nitrogens with one attached hydrogen (secondary N) is 1. The molecule has 4 aliphatic rings. The molecule has 0 aromatic heterocycles. The number of nitrogens with zero attached hydrogens (tertiary/aromatic N) is 3. The summed E-state index contributed by atoms with van der Waals surface area (Å²) in [6, 6.07) is 10.2. The minimum Gasteiger partial charge on any atom is -0.362 e. The van der Waals surface area contributed by atoms with E-state index in [1.54, 1.807) is 4.90 Å². The largest absolute Gasteiger partial charge is 0.362 e. The molecule has 1 aromatic rings. The normalized spacial score (nSPS) is 33.9. The minimum absolute atomic E-state index is 0.0781. The number of hydrogen-bond donors (Lipinski definition) is 1. The first-order chi connectivity index (χ1) is 13.5. The molecule has 6 nitrogen and oxygen atoms in total. The zero-order valence-corrected chi connectivity index (χ0v) is 16.2. The van der Waals surface area contributed by atoms with Gasteiger partial charge in [0.2, 0.25) is 5.91 Å². The van der Waals surface area contributed by atoms with Gasteiger partial charge in [-0.15, -0.1) is 0 Å². The van der Waals surface area contributed by atoms with Crippen molar-refractivity contribution in [2.75, 3.05) is 13.6 Å². The predicted octanol–water partition coefficient (Wildman–Crippen LogP) is 3.08. The zero-order chi connectivity index (χ0) is 19.5. The molecule has 5 rings (SSSR count). The Balaban J connectivity index is 1.71. The van der Waals surface area contributed by atoms with Crippen molar-refractivity contribution < 1.29 is 9.59 Å². The number of carbonyl (C=O) groups is 2. The standard InChI is InChI=1S/C22H24N4O2/c1-3-22(14-7-5-4-6-8-14)15-13-23-25-19(15)24-16-11-21(12-17(27)18(16)22)9-10-26(2)20(21)28/h4-8,13,19,24H,3,9-12H2,1-2H3/t19?,21-,22-/m0/s1. The van der Waals surface area contributed by atoms with Crippen LogP contribution in [0.4, 0.5) is 0 Å². The summed E-state index contributed by atoms with van der Waals surface area (Å²) >= 11 is 0. The second-order valence-electron chi connectivity index (χ2n) is 8.37. The zero-order valence-electron chi connectivity index (χ0n) is 16.2. The maximum Gasteiger partial charge on any atom is 0.229 e. The highest BCUT2D eigenvalue weighted by molar-refractivity contribution is 6.05. The van der Waals surface area contributed by atoms with Crippen LogP contribution in [-0.4, -0.2) is 36.3 Å². The summed E-state index contributed by atoms with van der Waals surface area (Å²) in [6.45, 7) is 2.83. The molecule has 3 atom stereocenters. The number of benzene rings is 1. The van der Waals surface area contributed by atoms with Crippen LogP contribution in [0.5, 0.6) is 0 Å². The van der Waals surface area contributed by atoms with Gasteiger partial charge in [-0.3, -0.25) is 9.59 Å². The lowest BCUT2D eigenvalue weighted by Crippen LogP contribution is -2.53. The molecule has 1 N–H and O–H groups in total. The van der Waals surface area contributed by atoms with E-state index in [9.17, 15) is 9.59 Å². The van der Waals surface area contributed by atoms with Crippen LogP contribution < -0.4 is 5.32 Å². The van der Waals surface area contributed by atoms with Crippen molar-refractivity contribution in [3.63, 3.8) is 0 Å². The van der Waals surface area contributed by atoms with Crippen LogP contribution >= 0.6 is 0 Å². The van der Waals surface area contributed by atoms with E-state index >= 15 is 0 Å². The third-order valence-corrected chi connectivity index (χ3v) is 7.02. The van der Waals surface area contributed by atoms with Crippen LogP contribution in [0.1, 0.15) is 38.2 Å². The van der Waals surface area contributed by atoms with Crippen molar-refractivity contribution in [2.45, 2.75) is 44.2 Å². The molecule has 6 heteroatoms. The van der Waals surface area contributed by atoms with E-state index in [0.717, 1.165) is 35.2 Å². The van der Waals surface area contributed by atoms with E-state index < -0.39 is 10.8 Å². The molecule has 3 heterocycles. The molecule has 1 unspecified atom stereocenters. The molecule has 144 valence electrons. The fourth-order valence-corrected chi connectivity index (χ4v) is 5.67. The van der Waals surface area contributed by atoms with E-state index in [1.165, 1.54) is 0 Å². The number of hydrogen-bond acceptors (Lipinski definition) is 5. The number of Topliss-reactive ketones (excluding diaryl/α,β-unsaturated/α-hetero) is 1. The second kappa shape index (κ2) is 5.87. The molecule has 28 heavy (non-hydrogen) atoms. The number of amides is 1. The van der Waals surface area contributed by atoms with Gasteiger partial charge in [-0.05, 0) is 18.4 Å². The van der Waals surface area contributed by atoms with Crippen molar-refractivity contribution in [1.82, 2.24) is 10.2 Å². The molecule has 0 radical (unpaired) electrons. The number of allylic oxidation sites excluding steroid dienone is 2. The molecule has 1 fully saturated rings. The Labute approximate surface area is 164 Å². The van der Waals surface area contributed by atoms with Crippen LogP contribution in [0.3, 0.4) is 0 Å². The average molecular weight is 376 g/mol. The first-order valence-corrected chi connectivity index (χ1v) is 9.97. The maximum absolute atomic E-state index is 13.6. The number of rotatable bonds is 2. The lowest BCUT2D eigenvalue weighted by atomic mass is 9.58. The van der Waals surface area contributed by atoms with Crippen LogP contribution in [0.15, 0.2) is 63.6 Å². The number of carbonyl (C=O) groups excluding carboxylic acids is 2. The van der Waals surface area contributed by atoms with Gasteiger partial charge in [0.15, 0.2) is 11.9 Å². The molecule has 0 saturated carbocycles. The first kappa shape index (κ1) is 17.3. The van der Waals surface area contributed by atoms with Gasteiger partial charge in [0.25, 0.3) is 0 Å². The summed E-state index contributed by atoms with van der Waals surface area (Å²) in [4.78, 5) is 28.3. The summed E-state index contributed by atoms with van der Waals surface area (Å²) in [5.74, 6) is 0.166. The molecular formula is C22H24N4O2. The van der Waals surface area contributed by atoms with Crippen molar-refractivity contribution in [3.05, 3.63) is 58.9 Å². The van der Waals surface area contributed by atoms with Gasteiger partial charge < -0.3 is 10.2 Å². The lowest BCUT2D eigenvalue weighted by molar-refractivity contribution is -0.138. The Morgan fingerprint density at radius 2 is 2.00 bits per heavy atom. The van der Waals surface area contributed by atoms with Crippen molar-refractivity contribution in [2.24, 2.45) is 15.6 Å². The van der Waals surface area contributed by atoms with Crippen molar-refractivity contribution >= 4 is 11.7 Å². The minimum atomic E-state index is -0.606. The number of ketones is 1. The van der Waals surface area contributed by atoms with E-state index in [4.69, 9.17) is 0 Å². The molecule has 0 bridgehead atoms. The fraction of sp³-hybridized carbons (Fsp3) is 0.455. The van der Waals surface area contributed by atoms with Crippen molar-refractivity contribution in [1.29, 1.82) is 0 Å². The Morgan fingerprint density at radius 3 is 2.68 bits per heavy atom. The van der Waals surface area contributed by atoms with Gasteiger partial charge in [0.1, 0.15) is 0 Å². The molecule has 1 spiro atoms. The Hall–Kier alpha value is -2.76. The van der Waals surface area contributed by atoms with E-state index in [0.29, 0.717) is 13.0 Å². The van der Waals surface area contributed by atoms with Gasteiger partial charge in [0.05, 0.1) is 17.0 Å². The van der Waals surface area contributed by atoms with Crippen LogP contribution in [0.25, 0.3) is 0 Å². The third-order valence-electron chi connectivity index (χ3n) is 7.02. The summed E-state index contributed by atoms with van der Waals surface area (Å²) in [5, 5.41) is 12.0.